The first-order valence-electron chi connectivity index (χ1n) is 9.36. The maximum atomic E-state index is 12.8. The van der Waals surface area contributed by atoms with Gasteiger partial charge in [-0.05, 0) is 55.2 Å². The van der Waals surface area contributed by atoms with Gasteiger partial charge in [-0.2, -0.15) is 0 Å². The Morgan fingerprint density at radius 3 is 2.52 bits per heavy atom. The maximum absolute atomic E-state index is 12.8. The molecule has 0 aromatic heterocycles. The monoisotopic (exact) mass is 383 g/mol. The summed E-state index contributed by atoms with van der Waals surface area (Å²) in [6.07, 6.45) is 3.37. The molecule has 0 spiro atoms. The number of urea groups is 1. The van der Waals surface area contributed by atoms with E-state index >= 15 is 0 Å². The summed E-state index contributed by atoms with van der Waals surface area (Å²) in [5.74, 6) is 0.159. The molecule has 27 heavy (non-hydrogen) atoms. The number of hydrogen-bond donors (Lipinski definition) is 1. The number of hydrogen-bond acceptors (Lipinski definition) is 2. The van der Waals surface area contributed by atoms with Crippen LogP contribution in [0.15, 0.2) is 48.5 Å². The van der Waals surface area contributed by atoms with Crippen LogP contribution in [0.4, 0.5) is 16.2 Å². The van der Waals surface area contributed by atoms with E-state index in [0.717, 1.165) is 42.7 Å². The van der Waals surface area contributed by atoms with Crippen molar-refractivity contribution in [3.8, 4) is 0 Å². The van der Waals surface area contributed by atoms with Crippen LogP contribution < -0.4 is 10.2 Å². The van der Waals surface area contributed by atoms with Gasteiger partial charge in [0.1, 0.15) is 0 Å². The smallest absolute Gasteiger partial charge is 0.317 e. The van der Waals surface area contributed by atoms with Gasteiger partial charge in [0.15, 0.2) is 0 Å². The molecule has 2 fully saturated rings. The summed E-state index contributed by atoms with van der Waals surface area (Å²) in [5, 5.41) is 3.67. The predicted octanol–water partition coefficient (Wildman–Crippen LogP) is 4.84. The van der Waals surface area contributed by atoms with Crippen LogP contribution in [-0.4, -0.2) is 29.9 Å². The van der Waals surface area contributed by atoms with E-state index in [1.807, 2.05) is 53.4 Å². The van der Waals surface area contributed by atoms with E-state index in [1.165, 1.54) is 0 Å². The van der Waals surface area contributed by atoms with Gasteiger partial charge in [-0.1, -0.05) is 29.8 Å². The minimum atomic E-state index is -0.123. The fourth-order valence-corrected chi connectivity index (χ4v) is 4.18. The molecule has 2 aromatic rings. The minimum absolute atomic E-state index is 0.000180. The number of carbonyl (C=O) groups is 2. The molecule has 140 valence electrons. The number of carbonyl (C=O) groups excluding carboxylic acids is 2. The average molecular weight is 384 g/mol. The van der Waals surface area contributed by atoms with Crippen molar-refractivity contribution in [2.45, 2.75) is 31.7 Å². The van der Waals surface area contributed by atoms with Crippen LogP contribution in [0.3, 0.4) is 0 Å². The van der Waals surface area contributed by atoms with Gasteiger partial charge in [0.05, 0.1) is 6.04 Å². The van der Waals surface area contributed by atoms with Crippen molar-refractivity contribution in [2.24, 2.45) is 0 Å². The topological polar surface area (TPSA) is 52.7 Å². The largest absolute Gasteiger partial charge is 0.322 e. The van der Waals surface area contributed by atoms with Crippen molar-refractivity contribution in [3.05, 3.63) is 59.1 Å². The number of nitrogens with zero attached hydrogens (tertiary/aromatic N) is 2. The van der Waals surface area contributed by atoms with Crippen molar-refractivity contribution in [3.63, 3.8) is 0 Å². The van der Waals surface area contributed by atoms with E-state index in [9.17, 15) is 9.59 Å². The molecule has 2 aliphatic rings. The van der Waals surface area contributed by atoms with Gasteiger partial charge >= 0.3 is 6.03 Å². The average Bonchev–Trinajstić information content (AvgIpc) is 3.32. The number of likely N-dealkylation sites (tertiary alicyclic amines) is 1. The van der Waals surface area contributed by atoms with Crippen LogP contribution in [0.1, 0.15) is 37.3 Å². The molecule has 2 saturated heterocycles. The molecule has 2 aliphatic heterocycles. The summed E-state index contributed by atoms with van der Waals surface area (Å²) in [4.78, 5) is 28.3. The third-order valence-electron chi connectivity index (χ3n) is 5.28. The van der Waals surface area contributed by atoms with Gasteiger partial charge in [0.25, 0.3) is 0 Å². The van der Waals surface area contributed by atoms with Crippen molar-refractivity contribution >= 4 is 34.9 Å². The minimum Gasteiger partial charge on any atom is -0.317 e. The molecule has 1 N–H and O–H groups in total. The Hall–Kier alpha value is -2.53. The summed E-state index contributed by atoms with van der Waals surface area (Å²) < 4.78 is 0. The summed E-state index contributed by atoms with van der Waals surface area (Å²) in [5.41, 5.74) is 2.60. The highest BCUT2D eigenvalue weighted by atomic mass is 35.5. The molecule has 0 saturated carbocycles. The Morgan fingerprint density at radius 1 is 1.04 bits per heavy atom. The summed E-state index contributed by atoms with van der Waals surface area (Å²) >= 11 is 6.34. The van der Waals surface area contributed by atoms with Gasteiger partial charge in [0, 0.05) is 35.9 Å². The highest BCUT2D eigenvalue weighted by Gasteiger charge is 2.31. The lowest BCUT2D eigenvalue weighted by Gasteiger charge is -2.26. The van der Waals surface area contributed by atoms with Crippen LogP contribution in [-0.2, 0) is 4.79 Å². The van der Waals surface area contributed by atoms with Gasteiger partial charge in [-0.3, -0.25) is 4.79 Å². The van der Waals surface area contributed by atoms with Crippen LogP contribution in [0.5, 0.6) is 0 Å². The number of benzene rings is 2. The standard InChI is InChI=1S/C21H22ClN3O2/c22-18-6-2-1-5-17(18)19-7-3-14-25(19)21(27)23-15-9-11-16(12-10-15)24-13-4-8-20(24)26/h1-2,5-6,9-12,19H,3-4,7-8,13-14H2,(H,23,27). The van der Waals surface area contributed by atoms with Crippen molar-refractivity contribution in [2.75, 3.05) is 23.3 Å². The first kappa shape index (κ1) is 17.9. The molecule has 2 heterocycles. The van der Waals surface area contributed by atoms with Gasteiger partial charge in [-0.15, -0.1) is 0 Å². The molecule has 2 aromatic carbocycles. The number of amides is 3. The normalized spacial score (nSPS) is 19.6. The van der Waals surface area contributed by atoms with E-state index in [-0.39, 0.29) is 18.0 Å². The summed E-state index contributed by atoms with van der Waals surface area (Å²) in [6.45, 7) is 1.47. The number of nitrogens with one attached hydrogen (secondary N) is 1. The first-order valence-corrected chi connectivity index (χ1v) is 9.74. The summed E-state index contributed by atoms with van der Waals surface area (Å²) in [7, 11) is 0. The van der Waals surface area contributed by atoms with E-state index in [0.29, 0.717) is 18.0 Å². The molecule has 6 heteroatoms. The molecule has 3 amide bonds. The molecule has 1 unspecified atom stereocenters. The zero-order chi connectivity index (χ0) is 18.8. The van der Waals surface area contributed by atoms with Crippen LogP contribution in [0.25, 0.3) is 0 Å². The Balaban J connectivity index is 1.45. The second-order valence-electron chi connectivity index (χ2n) is 7.00. The molecule has 0 radical (unpaired) electrons. The Morgan fingerprint density at radius 2 is 1.81 bits per heavy atom. The highest BCUT2D eigenvalue weighted by molar-refractivity contribution is 6.31. The predicted molar refractivity (Wildman–Crippen MR) is 107 cm³/mol. The van der Waals surface area contributed by atoms with Crippen LogP contribution in [0.2, 0.25) is 5.02 Å². The SMILES string of the molecule is O=C1CCCN1c1ccc(NC(=O)N2CCCC2c2ccccc2Cl)cc1. The van der Waals surface area contributed by atoms with Crippen molar-refractivity contribution in [1.29, 1.82) is 0 Å². The fraction of sp³-hybridized carbons (Fsp3) is 0.333. The molecule has 5 nitrogen and oxygen atoms in total. The molecule has 0 aliphatic carbocycles. The second kappa shape index (κ2) is 7.61. The van der Waals surface area contributed by atoms with Crippen molar-refractivity contribution < 1.29 is 9.59 Å². The van der Waals surface area contributed by atoms with Crippen LogP contribution >= 0.6 is 11.6 Å². The molecule has 1 atom stereocenters. The third-order valence-corrected chi connectivity index (χ3v) is 5.63. The molecular weight excluding hydrogens is 362 g/mol. The lowest BCUT2D eigenvalue weighted by atomic mass is 10.0. The van der Waals surface area contributed by atoms with Gasteiger partial charge in [0.2, 0.25) is 5.91 Å². The van der Waals surface area contributed by atoms with Crippen molar-refractivity contribution in [1.82, 2.24) is 4.90 Å². The van der Waals surface area contributed by atoms with Gasteiger partial charge < -0.3 is 15.1 Å². The number of rotatable bonds is 3. The Labute approximate surface area is 163 Å². The molecular formula is C21H22ClN3O2. The second-order valence-corrected chi connectivity index (χ2v) is 7.41. The number of anilines is 2. The quantitative estimate of drug-likeness (QED) is 0.824. The highest BCUT2D eigenvalue weighted by Crippen LogP contribution is 2.36. The zero-order valence-corrected chi connectivity index (χ0v) is 15.8. The van der Waals surface area contributed by atoms with E-state index in [2.05, 4.69) is 5.32 Å². The Bertz CT molecular complexity index is 853. The third kappa shape index (κ3) is 3.65. The first-order chi connectivity index (χ1) is 13.1. The number of halogens is 1. The van der Waals surface area contributed by atoms with E-state index < -0.39 is 0 Å². The zero-order valence-electron chi connectivity index (χ0n) is 15.0. The maximum Gasteiger partial charge on any atom is 0.322 e. The lowest BCUT2D eigenvalue weighted by Crippen LogP contribution is -2.34. The Kier molecular flexibility index (Phi) is 5.03. The molecule has 0 bridgehead atoms. The van der Waals surface area contributed by atoms with E-state index in [4.69, 9.17) is 11.6 Å². The fourth-order valence-electron chi connectivity index (χ4n) is 3.92. The molecule has 4 rings (SSSR count). The lowest BCUT2D eigenvalue weighted by molar-refractivity contribution is -0.117. The summed E-state index contributed by atoms with van der Waals surface area (Å²) in [6, 6.07) is 15.0. The van der Waals surface area contributed by atoms with Gasteiger partial charge in [-0.25, -0.2) is 4.79 Å². The van der Waals surface area contributed by atoms with Crippen LogP contribution in [0, 0.1) is 0 Å². The van der Waals surface area contributed by atoms with E-state index in [1.54, 1.807) is 4.90 Å².